The second-order valence-electron chi connectivity index (χ2n) is 7.87. The van der Waals surface area contributed by atoms with E-state index in [9.17, 15) is 20.1 Å². The van der Waals surface area contributed by atoms with E-state index in [1.807, 2.05) is 0 Å². The molecule has 0 fully saturated rings. The summed E-state index contributed by atoms with van der Waals surface area (Å²) in [6.45, 7) is 0.620. The minimum absolute atomic E-state index is 0.286. The normalized spacial score (nSPS) is 15.8. The summed E-state index contributed by atoms with van der Waals surface area (Å²) in [5.74, 6) is -3.20. The van der Waals surface area contributed by atoms with E-state index in [0.717, 1.165) is 39.0 Å². The number of esters is 1. The van der Waals surface area contributed by atoms with Gasteiger partial charge in [0.15, 0.2) is 6.10 Å². The summed E-state index contributed by atoms with van der Waals surface area (Å²) >= 11 is 0. The summed E-state index contributed by atoms with van der Waals surface area (Å²) in [5.41, 5.74) is 0. The Bertz CT molecular complexity index is 374. The Labute approximate surface area is 169 Å². The van der Waals surface area contributed by atoms with E-state index in [4.69, 9.17) is 10.2 Å². The highest BCUT2D eigenvalue weighted by Gasteiger charge is 2.32. The van der Waals surface area contributed by atoms with Crippen molar-refractivity contribution in [3.63, 3.8) is 0 Å². The van der Waals surface area contributed by atoms with E-state index in [1.54, 1.807) is 0 Å². The van der Waals surface area contributed by atoms with Crippen molar-refractivity contribution in [3.05, 3.63) is 0 Å². The van der Waals surface area contributed by atoms with Gasteiger partial charge in [-0.25, -0.2) is 4.79 Å². The molecule has 0 spiro atoms. The number of hydrogen-bond acceptors (Lipinski definition) is 7. The van der Waals surface area contributed by atoms with Gasteiger partial charge in [0.05, 0.1) is 6.10 Å². The van der Waals surface area contributed by atoms with Crippen molar-refractivity contribution >= 4 is 5.97 Å². The van der Waals surface area contributed by atoms with E-state index in [0.29, 0.717) is 13.0 Å². The molecule has 0 aliphatic heterocycles. The molecule has 0 aliphatic rings. The van der Waals surface area contributed by atoms with Crippen molar-refractivity contribution in [1.82, 2.24) is 0 Å². The topological polar surface area (TPSA) is 127 Å². The number of ether oxygens (including phenoxy) is 1. The predicted molar refractivity (Wildman–Crippen MR) is 108 cm³/mol. The maximum Gasteiger partial charge on any atom is 0.340 e. The Kier molecular flexibility index (Phi) is 16.7. The molecule has 0 aromatic heterocycles. The van der Waals surface area contributed by atoms with E-state index in [2.05, 4.69) is 4.74 Å². The van der Waals surface area contributed by atoms with Crippen LogP contribution in [0.1, 0.15) is 96.8 Å². The molecule has 0 heterocycles. The van der Waals surface area contributed by atoms with Gasteiger partial charge in [-0.05, 0) is 12.8 Å². The fourth-order valence-corrected chi connectivity index (χ4v) is 3.03. The first-order valence-corrected chi connectivity index (χ1v) is 10.9. The smallest absolute Gasteiger partial charge is 0.340 e. The number of aliphatic hydroxyl groups is 5. The van der Waals surface area contributed by atoms with Crippen molar-refractivity contribution in [2.75, 3.05) is 13.2 Å². The lowest BCUT2D eigenvalue weighted by Gasteiger charge is -2.24. The van der Waals surface area contributed by atoms with Crippen LogP contribution in [0.15, 0.2) is 0 Å². The molecule has 0 aromatic rings. The third-order valence-corrected chi connectivity index (χ3v) is 4.88. The van der Waals surface area contributed by atoms with Crippen molar-refractivity contribution in [3.8, 4) is 0 Å². The molecule has 0 radical (unpaired) electrons. The average Bonchev–Trinajstić information content (AvgIpc) is 2.67. The lowest BCUT2D eigenvalue weighted by molar-refractivity contribution is -0.224. The van der Waals surface area contributed by atoms with Gasteiger partial charge < -0.3 is 30.3 Å². The number of unbranched alkanes of at least 4 members (excludes halogenated alkanes) is 12. The first kappa shape index (κ1) is 27.3. The van der Waals surface area contributed by atoms with Crippen LogP contribution in [0.25, 0.3) is 0 Å². The van der Waals surface area contributed by atoms with Crippen LogP contribution in [-0.4, -0.2) is 62.7 Å². The molecule has 0 bridgehead atoms. The molecule has 168 valence electrons. The molecule has 3 unspecified atom stereocenters. The van der Waals surface area contributed by atoms with Gasteiger partial charge in [-0.1, -0.05) is 77.0 Å². The van der Waals surface area contributed by atoms with Gasteiger partial charge in [0, 0.05) is 13.5 Å². The van der Waals surface area contributed by atoms with Crippen LogP contribution in [0.3, 0.4) is 0 Å². The van der Waals surface area contributed by atoms with Crippen LogP contribution >= 0.6 is 0 Å². The van der Waals surface area contributed by atoms with E-state index in [1.165, 1.54) is 44.9 Å². The predicted octanol–water partition coefficient (Wildman–Crippen LogP) is 2.41. The van der Waals surface area contributed by atoms with E-state index < -0.39 is 30.6 Å². The first-order chi connectivity index (χ1) is 13.3. The van der Waals surface area contributed by atoms with Gasteiger partial charge in [-0.3, -0.25) is 0 Å². The molecule has 0 aromatic carbocycles. The second kappa shape index (κ2) is 17.2. The van der Waals surface area contributed by atoms with Crippen LogP contribution < -0.4 is 0 Å². The molecule has 0 amide bonds. The van der Waals surface area contributed by atoms with Crippen molar-refractivity contribution < 1.29 is 35.1 Å². The lowest BCUT2D eigenvalue weighted by Crippen LogP contribution is -2.43. The maximum atomic E-state index is 11.6. The molecule has 28 heavy (non-hydrogen) atoms. The monoisotopic (exact) mass is 406 g/mol. The Morgan fingerprint density at radius 1 is 0.786 bits per heavy atom. The van der Waals surface area contributed by atoms with Crippen LogP contribution in [-0.2, 0) is 9.53 Å². The second-order valence-corrected chi connectivity index (χ2v) is 7.87. The average molecular weight is 407 g/mol. The van der Waals surface area contributed by atoms with Gasteiger partial charge in [0.1, 0.15) is 6.61 Å². The lowest BCUT2D eigenvalue weighted by atomic mass is 10.0. The minimum Gasteiger partial charge on any atom is -0.429 e. The van der Waals surface area contributed by atoms with Crippen LogP contribution in [0.2, 0.25) is 0 Å². The van der Waals surface area contributed by atoms with Crippen molar-refractivity contribution in [1.29, 1.82) is 0 Å². The SMILES string of the molecule is CC(O)(CO)OC(=O)C(O)C(O)CCCCCCCCCCCCCCCO. The number of carbonyl (C=O) groups excluding carboxylic acids is 1. The van der Waals surface area contributed by atoms with E-state index >= 15 is 0 Å². The quantitative estimate of drug-likeness (QED) is 0.127. The molecule has 7 nitrogen and oxygen atoms in total. The Morgan fingerprint density at radius 3 is 1.57 bits per heavy atom. The van der Waals surface area contributed by atoms with Gasteiger partial charge in [-0.15, -0.1) is 0 Å². The molecule has 0 rings (SSSR count). The number of aliphatic hydroxyl groups excluding tert-OH is 4. The summed E-state index contributed by atoms with van der Waals surface area (Å²) in [6, 6.07) is 0. The molecule has 0 saturated heterocycles. The van der Waals surface area contributed by atoms with Gasteiger partial charge >= 0.3 is 5.97 Å². The summed E-state index contributed by atoms with van der Waals surface area (Å²) < 4.78 is 4.54. The fraction of sp³-hybridized carbons (Fsp3) is 0.952. The zero-order valence-electron chi connectivity index (χ0n) is 17.5. The highest BCUT2D eigenvalue weighted by Crippen LogP contribution is 2.15. The standard InChI is InChI=1S/C21H42O7/c1-21(27,17-23)28-20(26)19(25)18(24)15-13-11-9-7-5-3-2-4-6-8-10-12-14-16-22/h18-19,22-25,27H,2-17H2,1H3. The zero-order valence-corrected chi connectivity index (χ0v) is 17.5. The van der Waals surface area contributed by atoms with Crippen molar-refractivity contribution in [2.24, 2.45) is 0 Å². The minimum atomic E-state index is -2.06. The number of rotatable bonds is 19. The molecule has 5 N–H and O–H groups in total. The molecule has 0 saturated carbocycles. The van der Waals surface area contributed by atoms with Gasteiger partial charge in [0.25, 0.3) is 0 Å². The summed E-state index contributed by atoms with van der Waals surface area (Å²) in [6.07, 6.45) is 12.0. The molecular weight excluding hydrogens is 364 g/mol. The Morgan fingerprint density at radius 2 is 1.18 bits per heavy atom. The van der Waals surface area contributed by atoms with Gasteiger partial charge in [0.2, 0.25) is 5.79 Å². The van der Waals surface area contributed by atoms with Crippen LogP contribution in [0, 0.1) is 0 Å². The molecule has 0 aliphatic carbocycles. The highest BCUT2D eigenvalue weighted by atomic mass is 16.7. The highest BCUT2D eigenvalue weighted by molar-refractivity contribution is 5.75. The molecule has 3 atom stereocenters. The fourth-order valence-electron chi connectivity index (χ4n) is 3.03. The van der Waals surface area contributed by atoms with E-state index in [-0.39, 0.29) is 6.42 Å². The third kappa shape index (κ3) is 15.2. The van der Waals surface area contributed by atoms with Gasteiger partial charge in [-0.2, -0.15) is 0 Å². The van der Waals surface area contributed by atoms with Crippen molar-refractivity contribution in [2.45, 2.75) is 115 Å². The van der Waals surface area contributed by atoms with Crippen LogP contribution in [0.4, 0.5) is 0 Å². The first-order valence-electron chi connectivity index (χ1n) is 10.9. The summed E-state index contributed by atoms with van der Waals surface area (Å²) in [4.78, 5) is 11.6. The Balaban J connectivity index is 3.51. The summed E-state index contributed by atoms with van der Waals surface area (Å²) in [7, 11) is 0. The molecular formula is C21H42O7. The Hall–Kier alpha value is -0.730. The maximum absolute atomic E-state index is 11.6. The number of carbonyl (C=O) groups is 1. The molecule has 7 heteroatoms. The van der Waals surface area contributed by atoms with Crippen LogP contribution in [0.5, 0.6) is 0 Å². The third-order valence-electron chi connectivity index (χ3n) is 4.88. The largest absolute Gasteiger partial charge is 0.429 e. The summed E-state index contributed by atoms with van der Waals surface area (Å²) in [5, 5.41) is 46.5. The number of hydrogen-bond donors (Lipinski definition) is 5. The zero-order chi connectivity index (χ0) is 21.3.